The Hall–Kier alpha value is -3.19. The van der Waals surface area contributed by atoms with E-state index in [-0.39, 0.29) is 4.90 Å². The summed E-state index contributed by atoms with van der Waals surface area (Å²) in [5.74, 6) is 0.908. The van der Waals surface area contributed by atoms with Gasteiger partial charge in [-0.2, -0.15) is 9.78 Å². The molecule has 0 amide bonds. The van der Waals surface area contributed by atoms with Gasteiger partial charge in [-0.25, -0.2) is 13.4 Å². The van der Waals surface area contributed by atoms with E-state index in [1.54, 1.807) is 30.3 Å². The van der Waals surface area contributed by atoms with E-state index in [1.807, 2.05) is 51.1 Å². The largest absolute Gasteiger partial charge is 0.263 e. The number of aromatic nitrogens is 3. The molecular weight excluding hydrogens is 372 g/mol. The van der Waals surface area contributed by atoms with E-state index in [0.717, 1.165) is 22.0 Å². The summed E-state index contributed by atoms with van der Waals surface area (Å²) in [6.07, 6.45) is 0. The molecule has 28 heavy (non-hydrogen) atoms. The molecule has 2 aromatic heterocycles. The summed E-state index contributed by atoms with van der Waals surface area (Å²) in [5, 5.41) is 5.50. The molecule has 0 aliphatic heterocycles. The second-order valence-electron chi connectivity index (χ2n) is 6.82. The van der Waals surface area contributed by atoms with Crippen LogP contribution in [0.25, 0.3) is 16.7 Å². The first kappa shape index (κ1) is 18.2. The fraction of sp³-hybridized carbons (Fsp3) is 0.143. The van der Waals surface area contributed by atoms with Crippen molar-refractivity contribution in [3.8, 4) is 5.82 Å². The maximum absolute atomic E-state index is 12.8. The van der Waals surface area contributed by atoms with Crippen molar-refractivity contribution >= 4 is 26.7 Å². The van der Waals surface area contributed by atoms with E-state index < -0.39 is 10.0 Å². The molecule has 4 aromatic rings. The number of pyridine rings is 1. The minimum Gasteiger partial charge on any atom is -0.263 e. The molecule has 6 nitrogen and oxygen atoms in total. The van der Waals surface area contributed by atoms with Gasteiger partial charge in [0.05, 0.1) is 16.1 Å². The van der Waals surface area contributed by atoms with Crippen LogP contribution in [0.3, 0.4) is 0 Å². The van der Waals surface area contributed by atoms with Crippen molar-refractivity contribution in [3.05, 3.63) is 77.5 Å². The van der Waals surface area contributed by atoms with Gasteiger partial charge in [0.1, 0.15) is 5.82 Å². The molecule has 0 atom stereocenters. The molecule has 4 rings (SSSR count). The molecule has 0 saturated heterocycles. The Morgan fingerprint density at radius 2 is 1.64 bits per heavy atom. The molecule has 2 heterocycles. The first-order valence-corrected chi connectivity index (χ1v) is 10.3. The average molecular weight is 392 g/mol. The van der Waals surface area contributed by atoms with Crippen LogP contribution < -0.4 is 4.72 Å². The van der Waals surface area contributed by atoms with E-state index in [0.29, 0.717) is 17.3 Å². The lowest BCUT2D eigenvalue weighted by Gasteiger charge is -2.12. The van der Waals surface area contributed by atoms with Crippen molar-refractivity contribution in [2.24, 2.45) is 0 Å². The highest BCUT2D eigenvalue weighted by atomic mass is 32.2. The summed E-state index contributed by atoms with van der Waals surface area (Å²) in [6, 6.07) is 18.1. The Balaban J connectivity index is 1.78. The molecule has 0 spiro atoms. The number of fused-ring (bicyclic) bond motifs is 1. The molecule has 7 heteroatoms. The van der Waals surface area contributed by atoms with Gasteiger partial charge >= 0.3 is 0 Å². The fourth-order valence-electron chi connectivity index (χ4n) is 3.10. The number of para-hydroxylation sites is 1. The van der Waals surface area contributed by atoms with Gasteiger partial charge in [-0.1, -0.05) is 35.9 Å². The van der Waals surface area contributed by atoms with E-state index in [1.165, 1.54) is 4.68 Å². The van der Waals surface area contributed by atoms with Gasteiger partial charge in [0.25, 0.3) is 10.0 Å². The van der Waals surface area contributed by atoms with Gasteiger partial charge in [0, 0.05) is 11.5 Å². The second kappa shape index (κ2) is 6.76. The smallest absolute Gasteiger partial charge is 0.263 e. The fourth-order valence-corrected chi connectivity index (χ4v) is 4.13. The van der Waals surface area contributed by atoms with Gasteiger partial charge in [-0.15, -0.1) is 0 Å². The van der Waals surface area contributed by atoms with Crippen molar-refractivity contribution < 1.29 is 8.42 Å². The quantitative estimate of drug-likeness (QED) is 0.566. The molecule has 142 valence electrons. The van der Waals surface area contributed by atoms with Crippen molar-refractivity contribution in [2.45, 2.75) is 25.7 Å². The predicted octanol–water partition coefficient (Wildman–Crippen LogP) is 4.15. The monoisotopic (exact) mass is 392 g/mol. The Bertz CT molecular complexity index is 1280. The maximum atomic E-state index is 12.8. The minimum absolute atomic E-state index is 0.200. The molecule has 2 aromatic carbocycles. The Morgan fingerprint density at radius 1 is 0.929 bits per heavy atom. The SMILES string of the molecule is Cc1ccc(S(=O)(=O)Nc2cc(C)nn2-c2cc(C)c3ccccc3n2)cc1. The zero-order valence-electron chi connectivity index (χ0n) is 15.8. The second-order valence-corrected chi connectivity index (χ2v) is 8.50. The van der Waals surface area contributed by atoms with Gasteiger partial charge < -0.3 is 0 Å². The number of aryl methyl sites for hydroxylation is 3. The zero-order chi connectivity index (χ0) is 19.9. The molecule has 0 radical (unpaired) electrons. The Morgan fingerprint density at radius 3 is 2.39 bits per heavy atom. The Kier molecular flexibility index (Phi) is 4.39. The van der Waals surface area contributed by atoms with E-state index in [4.69, 9.17) is 0 Å². The van der Waals surface area contributed by atoms with Crippen LogP contribution in [0.4, 0.5) is 5.82 Å². The number of anilines is 1. The van der Waals surface area contributed by atoms with Crippen LogP contribution in [0, 0.1) is 20.8 Å². The Labute approximate surface area is 163 Å². The maximum Gasteiger partial charge on any atom is 0.263 e. The third-order valence-electron chi connectivity index (χ3n) is 4.53. The van der Waals surface area contributed by atoms with Crippen LogP contribution in [0.15, 0.2) is 65.6 Å². The summed E-state index contributed by atoms with van der Waals surface area (Å²) in [5.41, 5.74) is 3.56. The first-order valence-electron chi connectivity index (χ1n) is 8.86. The van der Waals surface area contributed by atoms with Crippen LogP contribution in [-0.2, 0) is 10.0 Å². The van der Waals surface area contributed by atoms with Crippen molar-refractivity contribution in [1.82, 2.24) is 14.8 Å². The van der Waals surface area contributed by atoms with Crippen LogP contribution >= 0.6 is 0 Å². The summed E-state index contributed by atoms with van der Waals surface area (Å²) in [7, 11) is -3.74. The van der Waals surface area contributed by atoms with Crippen LogP contribution in [0.2, 0.25) is 0 Å². The summed E-state index contributed by atoms with van der Waals surface area (Å²) in [6.45, 7) is 5.73. The standard InChI is InChI=1S/C21H20N4O2S/c1-14-8-10-17(11-9-14)28(26,27)24-21-13-16(3)23-25(21)20-12-15(2)18-6-4-5-7-19(18)22-20/h4-13,24H,1-3H3. The summed E-state index contributed by atoms with van der Waals surface area (Å²) < 4.78 is 29.8. The average Bonchev–Trinajstić information content (AvgIpc) is 3.01. The third-order valence-corrected chi connectivity index (χ3v) is 5.90. The lowest BCUT2D eigenvalue weighted by Crippen LogP contribution is -2.16. The minimum atomic E-state index is -3.74. The van der Waals surface area contributed by atoms with Gasteiger partial charge in [0.2, 0.25) is 0 Å². The van der Waals surface area contributed by atoms with E-state index >= 15 is 0 Å². The molecule has 0 unspecified atom stereocenters. The summed E-state index contributed by atoms with van der Waals surface area (Å²) >= 11 is 0. The van der Waals surface area contributed by atoms with E-state index in [2.05, 4.69) is 14.8 Å². The predicted molar refractivity (Wildman–Crippen MR) is 110 cm³/mol. The lowest BCUT2D eigenvalue weighted by molar-refractivity contribution is 0.600. The van der Waals surface area contributed by atoms with Crippen molar-refractivity contribution in [3.63, 3.8) is 0 Å². The van der Waals surface area contributed by atoms with Crippen LogP contribution in [0.5, 0.6) is 0 Å². The molecule has 0 fully saturated rings. The van der Waals surface area contributed by atoms with Crippen LogP contribution in [0.1, 0.15) is 16.8 Å². The molecule has 0 aliphatic carbocycles. The van der Waals surface area contributed by atoms with Gasteiger partial charge in [0.15, 0.2) is 5.82 Å². The topological polar surface area (TPSA) is 76.9 Å². The molecule has 0 bridgehead atoms. The number of nitrogens with zero attached hydrogens (tertiary/aromatic N) is 3. The number of nitrogens with one attached hydrogen (secondary N) is 1. The lowest BCUT2D eigenvalue weighted by atomic mass is 10.1. The molecule has 0 aliphatic rings. The van der Waals surface area contributed by atoms with Gasteiger partial charge in [-0.05, 0) is 50.6 Å². The summed E-state index contributed by atoms with van der Waals surface area (Å²) in [4.78, 5) is 4.86. The number of hydrogen-bond donors (Lipinski definition) is 1. The first-order chi connectivity index (χ1) is 13.3. The zero-order valence-corrected chi connectivity index (χ0v) is 16.7. The number of hydrogen-bond acceptors (Lipinski definition) is 4. The number of rotatable bonds is 4. The van der Waals surface area contributed by atoms with Gasteiger partial charge in [-0.3, -0.25) is 4.72 Å². The normalized spacial score (nSPS) is 11.7. The van der Waals surface area contributed by atoms with Crippen LogP contribution in [-0.4, -0.2) is 23.2 Å². The highest BCUT2D eigenvalue weighted by molar-refractivity contribution is 7.92. The molecule has 0 saturated carbocycles. The highest BCUT2D eigenvalue weighted by Gasteiger charge is 2.19. The molecular formula is C21H20N4O2S. The molecule has 1 N–H and O–H groups in total. The highest BCUT2D eigenvalue weighted by Crippen LogP contribution is 2.24. The number of benzene rings is 2. The van der Waals surface area contributed by atoms with Crippen molar-refractivity contribution in [2.75, 3.05) is 4.72 Å². The third kappa shape index (κ3) is 3.36. The number of sulfonamides is 1. The van der Waals surface area contributed by atoms with Crippen molar-refractivity contribution in [1.29, 1.82) is 0 Å². The van der Waals surface area contributed by atoms with E-state index in [9.17, 15) is 8.42 Å².